The van der Waals surface area contributed by atoms with Gasteiger partial charge in [-0.1, -0.05) is 42.8 Å². The molecule has 0 spiro atoms. The van der Waals surface area contributed by atoms with E-state index in [2.05, 4.69) is 62.7 Å². The fourth-order valence-electron chi connectivity index (χ4n) is 3.39. The van der Waals surface area contributed by atoms with Gasteiger partial charge < -0.3 is 4.90 Å². The van der Waals surface area contributed by atoms with Crippen molar-refractivity contribution in [3.63, 3.8) is 0 Å². The highest BCUT2D eigenvalue weighted by Gasteiger charge is 2.31. The topological polar surface area (TPSA) is 3.24 Å². The van der Waals surface area contributed by atoms with Crippen LogP contribution >= 0.6 is 0 Å². The quantitative estimate of drug-likeness (QED) is 0.649. The highest BCUT2D eigenvalue weighted by molar-refractivity contribution is 5.21. The molecule has 0 radical (unpaired) electrons. The number of rotatable bonds is 6. The Balaban J connectivity index is 1.83. The van der Waals surface area contributed by atoms with Gasteiger partial charge in [-0.05, 0) is 69.5 Å². The van der Waals surface area contributed by atoms with E-state index in [9.17, 15) is 0 Å². The van der Waals surface area contributed by atoms with Gasteiger partial charge in [0.2, 0.25) is 0 Å². The van der Waals surface area contributed by atoms with Gasteiger partial charge in [-0.3, -0.25) is 0 Å². The van der Waals surface area contributed by atoms with Gasteiger partial charge in [-0.2, -0.15) is 0 Å². The Hall–Kier alpha value is -1.08. The molecule has 0 aliphatic heterocycles. The van der Waals surface area contributed by atoms with Crippen molar-refractivity contribution in [2.24, 2.45) is 11.3 Å². The Labute approximate surface area is 131 Å². The SMILES string of the molecule is C=CC1(CCN(C)Cc2ccc(C)cc2)CCC(C)CC1. The predicted molar refractivity (Wildman–Crippen MR) is 92.4 cm³/mol. The summed E-state index contributed by atoms with van der Waals surface area (Å²) in [6, 6.07) is 8.91. The van der Waals surface area contributed by atoms with Gasteiger partial charge >= 0.3 is 0 Å². The number of benzene rings is 1. The molecular weight excluding hydrogens is 254 g/mol. The van der Waals surface area contributed by atoms with Crippen LogP contribution in [0.5, 0.6) is 0 Å². The van der Waals surface area contributed by atoms with Crippen molar-refractivity contribution in [1.82, 2.24) is 4.90 Å². The van der Waals surface area contributed by atoms with Crippen molar-refractivity contribution in [1.29, 1.82) is 0 Å². The molecule has 0 N–H and O–H groups in total. The Morgan fingerprint density at radius 2 is 1.86 bits per heavy atom. The van der Waals surface area contributed by atoms with Crippen LogP contribution in [0.4, 0.5) is 0 Å². The highest BCUT2D eigenvalue weighted by atomic mass is 15.1. The lowest BCUT2D eigenvalue weighted by Crippen LogP contribution is -2.30. The third-order valence-corrected chi connectivity index (χ3v) is 5.27. The zero-order valence-electron chi connectivity index (χ0n) is 14.1. The average molecular weight is 285 g/mol. The molecule has 1 nitrogen and oxygen atoms in total. The van der Waals surface area contributed by atoms with Crippen molar-refractivity contribution >= 4 is 0 Å². The minimum Gasteiger partial charge on any atom is -0.302 e. The maximum atomic E-state index is 4.13. The van der Waals surface area contributed by atoms with Crippen LogP contribution in [0.1, 0.15) is 50.2 Å². The van der Waals surface area contributed by atoms with Crippen molar-refractivity contribution in [2.45, 2.75) is 52.5 Å². The molecule has 0 saturated heterocycles. The summed E-state index contributed by atoms with van der Waals surface area (Å²) in [7, 11) is 2.24. The average Bonchev–Trinajstić information content (AvgIpc) is 2.50. The Morgan fingerprint density at radius 1 is 1.24 bits per heavy atom. The summed E-state index contributed by atoms with van der Waals surface area (Å²) in [6.07, 6.45) is 8.90. The van der Waals surface area contributed by atoms with Crippen molar-refractivity contribution in [2.75, 3.05) is 13.6 Å². The summed E-state index contributed by atoms with van der Waals surface area (Å²) in [4.78, 5) is 2.45. The van der Waals surface area contributed by atoms with E-state index in [-0.39, 0.29) is 0 Å². The molecule has 0 amide bonds. The fraction of sp³-hybridized carbons (Fsp3) is 0.600. The molecule has 21 heavy (non-hydrogen) atoms. The first-order valence-electron chi connectivity index (χ1n) is 8.41. The molecule has 1 aromatic rings. The first-order chi connectivity index (χ1) is 10.0. The van der Waals surface area contributed by atoms with E-state index in [1.165, 1.54) is 43.2 Å². The van der Waals surface area contributed by atoms with Crippen molar-refractivity contribution in [3.05, 3.63) is 48.0 Å². The van der Waals surface area contributed by atoms with Crippen molar-refractivity contribution < 1.29 is 0 Å². The van der Waals surface area contributed by atoms with Crippen LogP contribution in [0.2, 0.25) is 0 Å². The summed E-state index contributed by atoms with van der Waals surface area (Å²) in [5, 5.41) is 0. The molecule has 116 valence electrons. The van der Waals surface area contributed by atoms with Crippen LogP contribution in [-0.2, 0) is 6.54 Å². The zero-order valence-corrected chi connectivity index (χ0v) is 14.1. The highest BCUT2D eigenvalue weighted by Crippen LogP contribution is 2.42. The van der Waals surface area contributed by atoms with Gasteiger partial charge in [0.25, 0.3) is 0 Å². The van der Waals surface area contributed by atoms with Crippen LogP contribution < -0.4 is 0 Å². The second-order valence-corrected chi connectivity index (χ2v) is 7.22. The van der Waals surface area contributed by atoms with Crippen LogP contribution in [0, 0.1) is 18.3 Å². The van der Waals surface area contributed by atoms with E-state index in [1.54, 1.807) is 0 Å². The van der Waals surface area contributed by atoms with E-state index >= 15 is 0 Å². The van der Waals surface area contributed by atoms with Crippen LogP contribution in [0.15, 0.2) is 36.9 Å². The lowest BCUT2D eigenvalue weighted by Gasteiger charge is -2.38. The summed E-state index contributed by atoms with van der Waals surface area (Å²) in [5.74, 6) is 0.906. The van der Waals surface area contributed by atoms with Gasteiger partial charge in [0.1, 0.15) is 0 Å². The van der Waals surface area contributed by atoms with Crippen LogP contribution in [-0.4, -0.2) is 18.5 Å². The molecular formula is C20H31N. The molecule has 0 atom stereocenters. The maximum Gasteiger partial charge on any atom is 0.0230 e. The van der Waals surface area contributed by atoms with E-state index in [1.807, 2.05) is 0 Å². The molecule has 1 aromatic carbocycles. The third kappa shape index (κ3) is 4.71. The second kappa shape index (κ2) is 7.26. The number of nitrogens with zero attached hydrogens (tertiary/aromatic N) is 1. The molecule has 1 heteroatoms. The van der Waals surface area contributed by atoms with E-state index in [0.717, 1.165) is 19.0 Å². The summed E-state index contributed by atoms with van der Waals surface area (Å²) in [6.45, 7) is 10.9. The Bertz CT molecular complexity index is 437. The number of aryl methyl sites for hydroxylation is 1. The number of hydrogen-bond donors (Lipinski definition) is 0. The molecule has 1 saturated carbocycles. The summed E-state index contributed by atoms with van der Waals surface area (Å²) >= 11 is 0. The maximum absolute atomic E-state index is 4.13. The van der Waals surface area contributed by atoms with Gasteiger partial charge in [0, 0.05) is 6.54 Å². The smallest absolute Gasteiger partial charge is 0.0230 e. The van der Waals surface area contributed by atoms with E-state index in [0.29, 0.717) is 5.41 Å². The van der Waals surface area contributed by atoms with Crippen molar-refractivity contribution in [3.8, 4) is 0 Å². The molecule has 2 rings (SSSR count). The van der Waals surface area contributed by atoms with E-state index < -0.39 is 0 Å². The molecule has 1 aliphatic rings. The monoisotopic (exact) mass is 285 g/mol. The minimum atomic E-state index is 0.397. The minimum absolute atomic E-state index is 0.397. The number of hydrogen-bond acceptors (Lipinski definition) is 1. The second-order valence-electron chi connectivity index (χ2n) is 7.22. The number of allylic oxidation sites excluding steroid dienone is 1. The standard InChI is InChI=1S/C20H31N/c1-5-20(12-10-18(3)11-13-20)14-15-21(4)16-19-8-6-17(2)7-9-19/h5-9,18H,1,10-16H2,2-4H3. The first kappa shape index (κ1) is 16.3. The predicted octanol–water partition coefficient (Wildman–Crippen LogP) is 5.20. The fourth-order valence-corrected chi connectivity index (χ4v) is 3.39. The molecule has 1 fully saturated rings. The first-order valence-corrected chi connectivity index (χ1v) is 8.41. The Morgan fingerprint density at radius 3 is 2.43 bits per heavy atom. The van der Waals surface area contributed by atoms with Gasteiger partial charge in [0.05, 0.1) is 0 Å². The molecule has 0 aromatic heterocycles. The summed E-state index contributed by atoms with van der Waals surface area (Å²) in [5.41, 5.74) is 3.14. The van der Waals surface area contributed by atoms with Crippen LogP contribution in [0.3, 0.4) is 0 Å². The Kier molecular flexibility index (Phi) is 5.64. The third-order valence-electron chi connectivity index (χ3n) is 5.27. The largest absolute Gasteiger partial charge is 0.302 e. The van der Waals surface area contributed by atoms with E-state index in [4.69, 9.17) is 0 Å². The molecule has 0 heterocycles. The normalized spacial score (nSPS) is 26.0. The zero-order chi connectivity index (χ0) is 15.3. The van der Waals surface area contributed by atoms with Gasteiger partial charge in [-0.25, -0.2) is 0 Å². The van der Waals surface area contributed by atoms with Gasteiger partial charge in [-0.15, -0.1) is 6.58 Å². The lowest BCUT2D eigenvalue weighted by atomic mass is 9.69. The van der Waals surface area contributed by atoms with Crippen LogP contribution in [0.25, 0.3) is 0 Å². The molecule has 1 aliphatic carbocycles. The lowest BCUT2D eigenvalue weighted by molar-refractivity contribution is 0.171. The molecule has 0 unspecified atom stereocenters. The van der Waals surface area contributed by atoms with Gasteiger partial charge in [0.15, 0.2) is 0 Å². The molecule has 0 bridgehead atoms. The summed E-state index contributed by atoms with van der Waals surface area (Å²) < 4.78 is 0.